The van der Waals surface area contributed by atoms with Crippen LogP contribution >= 0.6 is 0 Å². The average molecular weight is 383 g/mol. The third kappa shape index (κ3) is 4.03. The molecule has 1 N–H and O–H groups in total. The van der Waals surface area contributed by atoms with Crippen LogP contribution in [0.15, 0.2) is 36.4 Å². The number of benzene rings is 2. The van der Waals surface area contributed by atoms with Crippen molar-refractivity contribution >= 4 is 11.6 Å². The standard InChI is InChI=1S/C19H21N5O4/c1-24-19(21-22-23-24)13-6-5-7-14(11-13)20-17(25)10-12-8-15(26-2)18(28-4)16(9-12)27-3/h5-9,11H,10H2,1-4H3,(H,20,25). The minimum absolute atomic E-state index is 0.145. The molecular weight excluding hydrogens is 362 g/mol. The summed E-state index contributed by atoms with van der Waals surface area (Å²) in [5.74, 6) is 1.92. The van der Waals surface area contributed by atoms with Crippen molar-refractivity contribution in [3.8, 4) is 28.6 Å². The number of rotatable bonds is 7. The Morgan fingerprint density at radius 2 is 1.79 bits per heavy atom. The molecule has 146 valence electrons. The molecule has 0 unspecified atom stereocenters. The van der Waals surface area contributed by atoms with Crippen molar-refractivity contribution in [3.63, 3.8) is 0 Å². The Morgan fingerprint density at radius 1 is 1.07 bits per heavy atom. The molecule has 1 aromatic heterocycles. The smallest absolute Gasteiger partial charge is 0.228 e. The highest BCUT2D eigenvalue weighted by molar-refractivity contribution is 5.93. The Kier molecular flexibility index (Phi) is 5.73. The van der Waals surface area contributed by atoms with Crippen LogP contribution in [0.4, 0.5) is 5.69 Å². The molecule has 9 heteroatoms. The average Bonchev–Trinajstić information content (AvgIpc) is 3.13. The first-order chi connectivity index (χ1) is 13.5. The van der Waals surface area contributed by atoms with Gasteiger partial charge in [-0.15, -0.1) is 5.10 Å². The molecule has 1 amide bonds. The third-order valence-electron chi connectivity index (χ3n) is 4.11. The van der Waals surface area contributed by atoms with E-state index in [1.807, 2.05) is 18.2 Å². The molecule has 3 aromatic rings. The van der Waals surface area contributed by atoms with Crippen molar-refractivity contribution in [2.24, 2.45) is 7.05 Å². The first-order valence-electron chi connectivity index (χ1n) is 8.47. The lowest BCUT2D eigenvalue weighted by Gasteiger charge is -2.14. The van der Waals surface area contributed by atoms with Crippen molar-refractivity contribution in [1.82, 2.24) is 20.2 Å². The monoisotopic (exact) mass is 383 g/mol. The zero-order valence-electron chi connectivity index (χ0n) is 16.1. The highest BCUT2D eigenvalue weighted by Gasteiger charge is 2.15. The normalized spacial score (nSPS) is 10.4. The summed E-state index contributed by atoms with van der Waals surface area (Å²) in [7, 11) is 6.36. The number of carbonyl (C=O) groups is 1. The fraction of sp³-hybridized carbons (Fsp3) is 0.263. The number of nitrogens with one attached hydrogen (secondary N) is 1. The maximum atomic E-state index is 12.5. The zero-order valence-corrected chi connectivity index (χ0v) is 16.1. The second kappa shape index (κ2) is 8.38. The van der Waals surface area contributed by atoms with E-state index in [0.717, 1.165) is 11.1 Å². The van der Waals surface area contributed by atoms with E-state index in [1.165, 1.54) is 21.3 Å². The second-order valence-electron chi connectivity index (χ2n) is 5.97. The SMILES string of the molecule is COc1cc(CC(=O)Nc2cccc(-c3nnnn3C)c2)cc(OC)c1OC. The van der Waals surface area contributed by atoms with Crippen LogP contribution in [0, 0.1) is 0 Å². The summed E-state index contributed by atoms with van der Waals surface area (Å²) in [6.45, 7) is 0. The molecule has 0 spiro atoms. The fourth-order valence-corrected chi connectivity index (χ4v) is 2.84. The minimum Gasteiger partial charge on any atom is -0.493 e. The fourth-order valence-electron chi connectivity index (χ4n) is 2.84. The molecule has 0 radical (unpaired) electrons. The van der Waals surface area contributed by atoms with Crippen molar-refractivity contribution in [2.45, 2.75) is 6.42 Å². The van der Waals surface area contributed by atoms with Crippen LogP contribution in [0.3, 0.4) is 0 Å². The number of hydrogen-bond acceptors (Lipinski definition) is 7. The van der Waals surface area contributed by atoms with Gasteiger partial charge in [-0.3, -0.25) is 4.79 Å². The summed E-state index contributed by atoms with van der Waals surface area (Å²) in [6.07, 6.45) is 0.145. The van der Waals surface area contributed by atoms with Crippen LogP contribution in [0.1, 0.15) is 5.56 Å². The molecule has 2 aromatic carbocycles. The molecule has 1 heterocycles. The molecule has 0 bridgehead atoms. The van der Waals surface area contributed by atoms with Gasteiger partial charge in [-0.1, -0.05) is 12.1 Å². The highest BCUT2D eigenvalue weighted by atomic mass is 16.5. The van der Waals surface area contributed by atoms with Crippen LogP contribution in [0.2, 0.25) is 0 Å². The molecule has 3 rings (SSSR count). The highest BCUT2D eigenvalue weighted by Crippen LogP contribution is 2.38. The summed E-state index contributed by atoms with van der Waals surface area (Å²) in [4.78, 5) is 12.5. The van der Waals surface area contributed by atoms with E-state index >= 15 is 0 Å². The van der Waals surface area contributed by atoms with Gasteiger partial charge >= 0.3 is 0 Å². The van der Waals surface area contributed by atoms with E-state index in [1.54, 1.807) is 29.9 Å². The first kappa shape index (κ1) is 19.2. The predicted octanol–water partition coefficient (Wildman–Crippen LogP) is 2.08. The lowest BCUT2D eigenvalue weighted by Crippen LogP contribution is -2.14. The van der Waals surface area contributed by atoms with Crippen LogP contribution in [0.25, 0.3) is 11.4 Å². The number of carbonyl (C=O) groups excluding carboxylic acids is 1. The van der Waals surface area contributed by atoms with Crippen molar-refractivity contribution < 1.29 is 19.0 Å². The van der Waals surface area contributed by atoms with Gasteiger partial charge in [0.2, 0.25) is 11.7 Å². The van der Waals surface area contributed by atoms with Crippen LogP contribution in [-0.4, -0.2) is 47.4 Å². The maximum absolute atomic E-state index is 12.5. The molecule has 0 aliphatic heterocycles. The van der Waals surface area contributed by atoms with E-state index < -0.39 is 0 Å². The van der Waals surface area contributed by atoms with E-state index in [0.29, 0.717) is 28.8 Å². The molecule has 28 heavy (non-hydrogen) atoms. The quantitative estimate of drug-likeness (QED) is 0.667. The van der Waals surface area contributed by atoms with Crippen LogP contribution in [0.5, 0.6) is 17.2 Å². The molecular formula is C19H21N5O4. The number of tetrazole rings is 1. The van der Waals surface area contributed by atoms with Gasteiger partial charge in [0.15, 0.2) is 17.3 Å². The molecule has 0 aliphatic rings. The summed E-state index contributed by atoms with van der Waals surface area (Å²) in [6, 6.07) is 10.8. The van der Waals surface area contributed by atoms with Crippen molar-refractivity contribution in [1.29, 1.82) is 0 Å². The number of aromatic nitrogens is 4. The third-order valence-corrected chi connectivity index (χ3v) is 4.11. The van der Waals surface area contributed by atoms with Crippen molar-refractivity contribution in [2.75, 3.05) is 26.6 Å². The minimum atomic E-state index is -0.178. The zero-order chi connectivity index (χ0) is 20.1. The molecule has 0 saturated heterocycles. The number of aryl methyl sites for hydroxylation is 1. The lowest BCUT2D eigenvalue weighted by molar-refractivity contribution is -0.115. The van der Waals surface area contributed by atoms with E-state index in [4.69, 9.17) is 14.2 Å². The van der Waals surface area contributed by atoms with Gasteiger partial charge in [0, 0.05) is 18.3 Å². The number of ether oxygens (including phenoxy) is 3. The van der Waals surface area contributed by atoms with Gasteiger partial charge in [-0.05, 0) is 40.3 Å². The van der Waals surface area contributed by atoms with Gasteiger partial charge in [0.25, 0.3) is 0 Å². The maximum Gasteiger partial charge on any atom is 0.228 e. The second-order valence-corrected chi connectivity index (χ2v) is 5.97. The van der Waals surface area contributed by atoms with E-state index in [2.05, 4.69) is 20.8 Å². The molecule has 0 saturated carbocycles. The molecule has 0 aliphatic carbocycles. The van der Waals surface area contributed by atoms with Gasteiger partial charge in [-0.25, -0.2) is 4.68 Å². The lowest BCUT2D eigenvalue weighted by atomic mass is 10.1. The summed E-state index contributed by atoms with van der Waals surface area (Å²) < 4.78 is 17.5. The Labute approximate surface area is 162 Å². The molecule has 0 fully saturated rings. The number of amides is 1. The Balaban J connectivity index is 1.77. The largest absolute Gasteiger partial charge is 0.493 e. The molecule has 0 atom stereocenters. The van der Waals surface area contributed by atoms with Crippen molar-refractivity contribution in [3.05, 3.63) is 42.0 Å². The van der Waals surface area contributed by atoms with Gasteiger partial charge in [0.05, 0.1) is 27.8 Å². The van der Waals surface area contributed by atoms with E-state index in [9.17, 15) is 4.79 Å². The van der Waals surface area contributed by atoms with Gasteiger partial charge in [-0.2, -0.15) is 0 Å². The van der Waals surface area contributed by atoms with E-state index in [-0.39, 0.29) is 12.3 Å². The number of hydrogen-bond donors (Lipinski definition) is 1. The molecule has 9 nitrogen and oxygen atoms in total. The number of nitrogens with zero attached hydrogens (tertiary/aromatic N) is 4. The first-order valence-corrected chi connectivity index (χ1v) is 8.47. The Hall–Kier alpha value is -3.62. The summed E-state index contributed by atoms with van der Waals surface area (Å²) >= 11 is 0. The van der Waals surface area contributed by atoms with Crippen LogP contribution in [-0.2, 0) is 18.3 Å². The number of anilines is 1. The Bertz CT molecular complexity index is 961. The van der Waals surface area contributed by atoms with Crippen LogP contribution < -0.4 is 19.5 Å². The summed E-state index contributed by atoms with van der Waals surface area (Å²) in [5.41, 5.74) is 2.19. The Morgan fingerprint density at radius 3 is 2.36 bits per heavy atom. The van der Waals surface area contributed by atoms with Gasteiger partial charge < -0.3 is 19.5 Å². The predicted molar refractivity (Wildman–Crippen MR) is 103 cm³/mol. The number of methoxy groups -OCH3 is 3. The topological polar surface area (TPSA) is 100 Å². The summed E-state index contributed by atoms with van der Waals surface area (Å²) in [5, 5.41) is 14.3. The van der Waals surface area contributed by atoms with Gasteiger partial charge in [0.1, 0.15) is 0 Å².